The monoisotopic (exact) mass is 283 g/mol. The molecule has 0 bridgehead atoms. The van der Waals surface area contributed by atoms with Crippen molar-refractivity contribution in [3.8, 4) is 5.88 Å². The Labute approximate surface area is 122 Å². The highest BCUT2D eigenvalue weighted by Gasteiger charge is 2.12. The van der Waals surface area contributed by atoms with E-state index in [1.54, 1.807) is 12.3 Å². The van der Waals surface area contributed by atoms with E-state index in [1.165, 1.54) is 0 Å². The number of H-pyrrole nitrogens is 1. The summed E-state index contributed by atoms with van der Waals surface area (Å²) in [6.45, 7) is 4.51. The van der Waals surface area contributed by atoms with Gasteiger partial charge in [-0.1, -0.05) is 12.1 Å². The molecule has 108 valence electrons. The summed E-state index contributed by atoms with van der Waals surface area (Å²) in [4.78, 5) is 16.4. The van der Waals surface area contributed by atoms with E-state index < -0.39 is 0 Å². The Kier molecular flexibility index (Phi) is 3.68. The van der Waals surface area contributed by atoms with Crippen molar-refractivity contribution in [3.05, 3.63) is 42.4 Å². The smallest absolute Gasteiger partial charge is 0.226 e. The van der Waals surface area contributed by atoms with Crippen molar-refractivity contribution >= 4 is 17.0 Å². The normalized spacial score (nSPS) is 12.3. The number of rotatable bonds is 5. The Balaban J connectivity index is 1.79. The predicted octanol–water partition coefficient (Wildman–Crippen LogP) is 2.92. The van der Waals surface area contributed by atoms with Crippen LogP contribution in [0.5, 0.6) is 5.88 Å². The summed E-state index contributed by atoms with van der Waals surface area (Å²) in [6, 6.07) is 9.64. The molecule has 0 aliphatic rings. The first-order valence-corrected chi connectivity index (χ1v) is 6.93. The van der Waals surface area contributed by atoms with Crippen LogP contribution in [0.25, 0.3) is 11.0 Å². The molecule has 0 aliphatic heterocycles. The summed E-state index contributed by atoms with van der Waals surface area (Å²) in [6.07, 6.45) is 1.67. The minimum absolute atomic E-state index is 0.0331. The number of aromatic nitrogens is 4. The van der Waals surface area contributed by atoms with Gasteiger partial charge in [0.05, 0.1) is 23.7 Å². The van der Waals surface area contributed by atoms with E-state index >= 15 is 0 Å². The minimum Gasteiger partial charge on any atom is -0.478 e. The molecule has 6 heteroatoms. The third-order valence-electron chi connectivity index (χ3n) is 3.09. The van der Waals surface area contributed by atoms with Crippen molar-refractivity contribution in [2.45, 2.75) is 19.9 Å². The Morgan fingerprint density at radius 3 is 2.90 bits per heavy atom. The zero-order valence-corrected chi connectivity index (χ0v) is 12.0. The summed E-state index contributed by atoms with van der Waals surface area (Å²) < 4.78 is 5.37. The molecular weight excluding hydrogens is 266 g/mol. The molecule has 0 unspecified atom stereocenters. The molecule has 2 heterocycles. The van der Waals surface area contributed by atoms with Crippen LogP contribution < -0.4 is 10.1 Å². The van der Waals surface area contributed by atoms with Gasteiger partial charge in [0.15, 0.2) is 0 Å². The van der Waals surface area contributed by atoms with Gasteiger partial charge in [-0.25, -0.2) is 9.97 Å². The van der Waals surface area contributed by atoms with Gasteiger partial charge in [0.2, 0.25) is 11.8 Å². The largest absolute Gasteiger partial charge is 0.478 e. The number of benzene rings is 1. The van der Waals surface area contributed by atoms with Crippen LogP contribution in [0.3, 0.4) is 0 Å². The third kappa shape index (κ3) is 2.94. The van der Waals surface area contributed by atoms with Gasteiger partial charge in [-0.2, -0.15) is 4.98 Å². The maximum Gasteiger partial charge on any atom is 0.226 e. The lowest BCUT2D eigenvalue weighted by atomic mass is 10.3. The summed E-state index contributed by atoms with van der Waals surface area (Å²) in [5, 5.41) is 3.22. The first-order valence-electron chi connectivity index (χ1n) is 6.93. The summed E-state index contributed by atoms with van der Waals surface area (Å²) >= 11 is 0. The molecule has 2 N–H and O–H groups in total. The molecular formula is C15H17N5O. The molecule has 0 aliphatic carbocycles. The molecule has 0 fully saturated rings. The number of fused-ring (bicyclic) bond motifs is 1. The molecule has 1 atom stereocenters. The van der Waals surface area contributed by atoms with Crippen molar-refractivity contribution in [2.24, 2.45) is 0 Å². The van der Waals surface area contributed by atoms with Crippen LogP contribution in [0, 0.1) is 0 Å². The molecule has 1 aromatic carbocycles. The third-order valence-corrected chi connectivity index (χ3v) is 3.09. The fourth-order valence-electron chi connectivity index (χ4n) is 2.08. The number of hydrogen-bond donors (Lipinski definition) is 2. The second-order valence-electron chi connectivity index (χ2n) is 4.66. The number of nitrogens with zero attached hydrogens (tertiary/aromatic N) is 3. The van der Waals surface area contributed by atoms with Gasteiger partial charge in [0.25, 0.3) is 0 Å². The van der Waals surface area contributed by atoms with Crippen molar-refractivity contribution in [3.63, 3.8) is 0 Å². The molecule has 0 spiro atoms. The average molecular weight is 283 g/mol. The number of imidazole rings is 1. The van der Waals surface area contributed by atoms with E-state index in [0.717, 1.165) is 16.9 Å². The van der Waals surface area contributed by atoms with E-state index in [0.29, 0.717) is 18.4 Å². The average Bonchev–Trinajstić information content (AvgIpc) is 2.92. The Hall–Kier alpha value is -2.63. The highest BCUT2D eigenvalue weighted by molar-refractivity contribution is 5.74. The molecule has 0 saturated carbocycles. The highest BCUT2D eigenvalue weighted by atomic mass is 16.5. The Bertz CT molecular complexity index is 707. The topological polar surface area (TPSA) is 75.7 Å². The van der Waals surface area contributed by atoms with Crippen LogP contribution in [-0.4, -0.2) is 26.5 Å². The molecule has 2 aromatic heterocycles. The first-order chi connectivity index (χ1) is 10.3. The van der Waals surface area contributed by atoms with Crippen molar-refractivity contribution in [1.82, 2.24) is 19.9 Å². The SMILES string of the molecule is CCOc1ccnc(N[C@H](C)c2nc3ccccc3[nH]2)n1. The second-order valence-corrected chi connectivity index (χ2v) is 4.66. The second kappa shape index (κ2) is 5.78. The zero-order valence-electron chi connectivity index (χ0n) is 12.0. The van der Waals surface area contributed by atoms with Crippen molar-refractivity contribution < 1.29 is 4.74 Å². The van der Waals surface area contributed by atoms with E-state index in [2.05, 4.69) is 25.3 Å². The fourth-order valence-corrected chi connectivity index (χ4v) is 2.08. The van der Waals surface area contributed by atoms with Gasteiger partial charge in [-0.15, -0.1) is 0 Å². The quantitative estimate of drug-likeness (QED) is 0.753. The molecule has 21 heavy (non-hydrogen) atoms. The maximum absolute atomic E-state index is 5.37. The molecule has 3 aromatic rings. The number of aromatic amines is 1. The number of ether oxygens (including phenoxy) is 1. The lowest BCUT2D eigenvalue weighted by Gasteiger charge is -2.11. The zero-order chi connectivity index (χ0) is 14.7. The van der Waals surface area contributed by atoms with Crippen LogP contribution in [-0.2, 0) is 0 Å². The van der Waals surface area contributed by atoms with Gasteiger partial charge in [0, 0.05) is 12.3 Å². The highest BCUT2D eigenvalue weighted by Crippen LogP contribution is 2.19. The fraction of sp³-hybridized carbons (Fsp3) is 0.267. The van der Waals surface area contributed by atoms with Gasteiger partial charge >= 0.3 is 0 Å². The summed E-state index contributed by atoms with van der Waals surface area (Å²) in [7, 11) is 0. The lowest BCUT2D eigenvalue weighted by Crippen LogP contribution is -2.11. The summed E-state index contributed by atoms with van der Waals surface area (Å²) in [5.74, 6) is 1.93. The van der Waals surface area contributed by atoms with Crippen molar-refractivity contribution in [2.75, 3.05) is 11.9 Å². The number of anilines is 1. The first kappa shape index (κ1) is 13.4. The van der Waals surface area contributed by atoms with E-state index in [-0.39, 0.29) is 6.04 Å². The van der Waals surface area contributed by atoms with Gasteiger partial charge in [-0.3, -0.25) is 0 Å². The minimum atomic E-state index is -0.0331. The number of para-hydroxylation sites is 2. The van der Waals surface area contributed by atoms with Crippen LogP contribution in [0.2, 0.25) is 0 Å². The van der Waals surface area contributed by atoms with Crippen LogP contribution in [0.4, 0.5) is 5.95 Å². The predicted molar refractivity (Wildman–Crippen MR) is 81.3 cm³/mol. The maximum atomic E-state index is 5.37. The molecule has 3 rings (SSSR count). The lowest BCUT2D eigenvalue weighted by molar-refractivity contribution is 0.326. The standard InChI is InChI=1S/C15H17N5O/c1-3-21-13-8-9-16-15(20-13)17-10(2)14-18-11-6-4-5-7-12(11)19-14/h4-10H,3H2,1-2H3,(H,18,19)(H,16,17,20)/t10-/m1/s1. The van der Waals surface area contributed by atoms with Gasteiger partial charge in [0.1, 0.15) is 5.82 Å². The van der Waals surface area contributed by atoms with Gasteiger partial charge < -0.3 is 15.0 Å². The van der Waals surface area contributed by atoms with Gasteiger partial charge in [-0.05, 0) is 26.0 Å². The van der Waals surface area contributed by atoms with Crippen molar-refractivity contribution in [1.29, 1.82) is 0 Å². The van der Waals surface area contributed by atoms with E-state index in [1.807, 2.05) is 38.1 Å². The van der Waals surface area contributed by atoms with E-state index in [9.17, 15) is 0 Å². The van der Waals surface area contributed by atoms with E-state index in [4.69, 9.17) is 4.74 Å². The van der Waals surface area contributed by atoms with Crippen LogP contribution in [0.1, 0.15) is 25.7 Å². The number of nitrogens with one attached hydrogen (secondary N) is 2. The van der Waals surface area contributed by atoms with Crippen LogP contribution >= 0.6 is 0 Å². The molecule has 6 nitrogen and oxygen atoms in total. The molecule has 0 saturated heterocycles. The molecule has 0 radical (unpaired) electrons. The Morgan fingerprint density at radius 2 is 2.10 bits per heavy atom. The summed E-state index contributed by atoms with van der Waals surface area (Å²) in [5.41, 5.74) is 1.97. The Morgan fingerprint density at radius 1 is 1.24 bits per heavy atom. The number of hydrogen-bond acceptors (Lipinski definition) is 5. The molecule has 0 amide bonds. The van der Waals surface area contributed by atoms with Crippen LogP contribution in [0.15, 0.2) is 36.5 Å².